The van der Waals surface area contributed by atoms with E-state index >= 15 is 0 Å². The molecule has 0 spiro atoms. The number of nitrogens with one attached hydrogen (secondary N) is 1. The topological polar surface area (TPSA) is 29.9 Å². The van der Waals surface area contributed by atoms with Crippen molar-refractivity contribution in [3.8, 4) is 0 Å². The highest BCUT2D eigenvalue weighted by Gasteiger charge is 2.13. The van der Waals surface area contributed by atoms with E-state index in [0.717, 1.165) is 6.54 Å². The first-order chi connectivity index (χ1) is 8.86. The molecule has 19 heavy (non-hydrogen) atoms. The first kappa shape index (κ1) is 13.7. The number of anilines is 1. The molecule has 0 saturated carbocycles. The van der Waals surface area contributed by atoms with Crippen molar-refractivity contribution in [2.75, 3.05) is 5.32 Å². The average Bonchev–Trinajstić information content (AvgIpc) is 2.79. The largest absolute Gasteiger partial charge is 0.381 e. The summed E-state index contributed by atoms with van der Waals surface area (Å²) < 4.78 is 2.01. The predicted octanol–water partition coefficient (Wildman–Crippen LogP) is 3.87. The number of rotatable bonds is 3. The second-order valence-corrected chi connectivity index (χ2v) is 6.14. The molecular formula is C16H23N3. The minimum absolute atomic E-state index is 0.0392. The van der Waals surface area contributed by atoms with E-state index in [4.69, 9.17) is 0 Å². The first-order valence-electron chi connectivity index (χ1n) is 6.71. The zero-order chi connectivity index (χ0) is 14.0. The maximum atomic E-state index is 4.42. The van der Waals surface area contributed by atoms with Crippen LogP contribution in [0.5, 0.6) is 0 Å². The van der Waals surface area contributed by atoms with Gasteiger partial charge < -0.3 is 5.32 Å². The monoisotopic (exact) mass is 257 g/mol. The Balaban J connectivity index is 2.06. The molecule has 2 aromatic rings. The van der Waals surface area contributed by atoms with Crippen molar-refractivity contribution in [2.45, 2.75) is 46.7 Å². The Kier molecular flexibility index (Phi) is 3.65. The Morgan fingerprint density at radius 1 is 1.21 bits per heavy atom. The van der Waals surface area contributed by atoms with Gasteiger partial charge in [-0.2, -0.15) is 5.10 Å². The second kappa shape index (κ2) is 5.08. The SMILES string of the molecule is Cc1ccc(C)c(NCc2cnn(C(C)(C)C)c2)c1. The van der Waals surface area contributed by atoms with E-state index in [1.54, 1.807) is 0 Å². The quantitative estimate of drug-likeness (QED) is 0.904. The molecule has 0 unspecified atom stereocenters. The maximum Gasteiger partial charge on any atom is 0.0543 e. The number of nitrogens with zero attached hydrogens (tertiary/aromatic N) is 2. The minimum atomic E-state index is 0.0392. The summed E-state index contributed by atoms with van der Waals surface area (Å²) in [6.45, 7) is 11.5. The molecule has 0 saturated heterocycles. The fraction of sp³-hybridized carbons (Fsp3) is 0.438. The van der Waals surface area contributed by atoms with Crippen LogP contribution in [0.15, 0.2) is 30.6 Å². The fourth-order valence-electron chi connectivity index (χ4n) is 1.94. The van der Waals surface area contributed by atoms with Crippen LogP contribution in [-0.2, 0) is 12.1 Å². The van der Waals surface area contributed by atoms with Crippen LogP contribution in [0.2, 0.25) is 0 Å². The Labute approximate surface area is 115 Å². The molecule has 0 aliphatic rings. The van der Waals surface area contributed by atoms with E-state index in [1.165, 1.54) is 22.4 Å². The molecule has 1 aromatic carbocycles. The van der Waals surface area contributed by atoms with Gasteiger partial charge in [0.05, 0.1) is 11.7 Å². The lowest BCUT2D eigenvalue weighted by Gasteiger charge is -2.18. The van der Waals surface area contributed by atoms with E-state index in [0.29, 0.717) is 0 Å². The number of hydrogen-bond acceptors (Lipinski definition) is 2. The van der Waals surface area contributed by atoms with Crippen LogP contribution in [0.25, 0.3) is 0 Å². The molecule has 1 heterocycles. The summed E-state index contributed by atoms with van der Waals surface area (Å²) in [5.74, 6) is 0. The molecule has 1 N–H and O–H groups in total. The van der Waals surface area contributed by atoms with Crippen LogP contribution >= 0.6 is 0 Å². The van der Waals surface area contributed by atoms with Gasteiger partial charge in [0.15, 0.2) is 0 Å². The van der Waals surface area contributed by atoms with Gasteiger partial charge in [-0.05, 0) is 51.8 Å². The van der Waals surface area contributed by atoms with Crippen molar-refractivity contribution >= 4 is 5.69 Å². The van der Waals surface area contributed by atoms with Crippen LogP contribution in [0.1, 0.15) is 37.5 Å². The van der Waals surface area contributed by atoms with Gasteiger partial charge in [-0.25, -0.2) is 0 Å². The number of aromatic nitrogens is 2. The van der Waals surface area contributed by atoms with E-state index in [1.807, 2.05) is 10.9 Å². The fourth-order valence-corrected chi connectivity index (χ4v) is 1.94. The summed E-state index contributed by atoms with van der Waals surface area (Å²) in [5, 5.41) is 7.90. The van der Waals surface area contributed by atoms with Crippen molar-refractivity contribution < 1.29 is 0 Å². The van der Waals surface area contributed by atoms with Crippen molar-refractivity contribution in [3.63, 3.8) is 0 Å². The van der Waals surface area contributed by atoms with Crippen molar-refractivity contribution in [1.29, 1.82) is 0 Å². The summed E-state index contributed by atoms with van der Waals surface area (Å²) in [6.07, 6.45) is 4.04. The van der Waals surface area contributed by atoms with Crippen LogP contribution in [0.3, 0.4) is 0 Å². The van der Waals surface area contributed by atoms with Gasteiger partial charge in [0.25, 0.3) is 0 Å². The van der Waals surface area contributed by atoms with E-state index in [9.17, 15) is 0 Å². The molecule has 3 heteroatoms. The van der Waals surface area contributed by atoms with Gasteiger partial charge >= 0.3 is 0 Å². The van der Waals surface area contributed by atoms with Gasteiger partial charge in [-0.3, -0.25) is 4.68 Å². The Bertz CT molecular complexity index is 562. The molecule has 0 bridgehead atoms. The van der Waals surface area contributed by atoms with Crippen molar-refractivity contribution in [3.05, 3.63) is 47.3 Å². The lowest BCUT2D eigenvalue weighted by Crippen LogP contribution is -2.21. The summed E-state index contributed by atoms with van der Waals surface area (Å²) >= 11 is 0. The molecule has 0 radical (unpaired) electrons. The molecule has 0 aliphatic carbocycles. The molecule has 102 valence electrons. The summed E-state index contributed by atoms with van der Waals surface area (Å²) in [5.41, 5.74) is 4.99. The molecule has 0 aliphatic heterocycles. The maximum absolute atomic E-state index is 4.42. The van der Waals surface area contributed by atoms with Gasteiger partial charge in [0.2, 0.25) is 0 Å². The van der Waals surface area contributed by atoms with Crippen LogP contribution < -0.4 is 5.32 Å². The highest BCUT2D eigenvalue weighted by molar-refractivity contribution is 5.52. The number of hydrogen-bond donors (Lipinski definition) is 1. The third-order valence-electron chi connectivity index (χ3n) is 3.20. The Morgan fingerprint density at radius 2 is 1.95 bits per heavy atom. The molecule has 1 aromatic heterocycles. The lowest BCUT2D eigenvalue weighted by molar-refractivity contribution is 0.355. The molecule has 0 fully saturated rings. The number of aryl methyl sites for hydroxylation is 2. The molecular weight excluding hydrogens is 234 g/mol. The van der Waals surface area contributed by atoms with Gasteiger partial charge in [0.1, 0.15) is 0 Å². The van der Waals surface area contributed by atoms with Crippen LogP contribution in [0, 0.1) is 13.8 Å². The smallest absolute Gasteiger partial charge is 0.0543 e. The zero-order valence-corrected chi connectivity index (χ0v) is 12.5. The third kappa shape index (κ3) is 3.37. The second-order valence-electron chi connectivity index (χ2n) is 6.14. The summed E-state index contributed by atoms with van der Waals surface area (Å²) in [7, 11) is 0. The highest BCUT2D eigenvalue weighted by Crippen LogP contribution is 2.18. The van der Waals surface area contributed by atoms with E-state index in [2.05, 4.69) is 69.4 Å². The standard InChI is InChI=1S/C16H23N3/c1-12-6-7-13(2)15(8-12)17-9-14-10-18-19(11-14)16(3,4)5/h6-8,10-11,17H,9H2,1-5H3. The molecule has 0 amide bonds. The first-order valence-corrected chi connectivity index (χ1v) is 6.71. The van der Waals surface area contributed by atoms with E-state index < -0.39 is 0 Å². The van der Waals surface area contributed by atoms with Gasteiger partial charge in [-0.15, -0.1) is 0 Å². The molecule has 0 atom stereocenters. The van der Waals surface area contributed by atoms with Crippen LogP contribution in [-0.4, -0.2) is 9.78 Å². The Hall–Kier alpha value is -1.77. The minimum Gasteiger partial charge on any atom is -0.381 e. The molecule has 3 nitrogen and oxygen atoms in total. The Morgan fingerprint density at radius 3 is 2.58 bits per heavy atom. The normalized spacial score (nSPS) is 11.6. The molecule has 2 rings (SSSR count). The summed E-state index contributed by atoms with van der Waals surface area (Å²) in [4.78, 5) is 0. The zero-order valence-electron chi connectivity index (χ0n) is 12.5. The third-order valence-corrected chi connectivity index (χ3v) is 3.20. The van der Waals surface area contributed by atoms with Crippen LogP contribution in [0.4, 0.5) is 5.69 Å². The predicted molar refractivity (Wildman–Crippen MR) is 80.5 cm³/mol. The van der Waals surface area contributed by atoms with Gasteiger partial charge in [0, 0.05) is 24.0 Å². The number of benzene rings is 1. The lowest BCUT2D eigenvalue weighted by atomic mass is 10.1. The van der Waals surface area contributed by atoms with Gasteiger partial charge in [-0.1, -0.05) is 12.1 Å². The van der Waals surface area contributed by atoms with Crippen molar-refractivity contribution in [2.24, 2.45) is 0 Å². The summed E-state index contributed by atoms with van der Waals surface area (Å²) in [6, 6.07) is 6.47. The van der Waals surface area contributed by atoms with Crippen molar-refractivity contribution in [1.82, 2.24) is 9.78 Å². The van der Waals surface area contributed by atoms with E-state index in [-0.39, 0.29) is 5.54 Å². The highest BCUT2D eigenvalue weighted by atomic mass is 15.3. The average molecular weight is 257 g/mol.